The molecule has 0 saturated carbocycles. The topological polar surface area (TPSA) is 79.5 Å². The van der Waals surface area contributed by atoms with Crippen molar-refractivity contribution in [1.29, 1.82) is 0 Å². The molecule has 0 N–H and O–H groups in total. The van der Waals surface area contributed by atoms with E-state index in [2.05, 4.69) is 0 Å². The SMILES string of the molecule is CCOC(=O)n1c(=O)n(C(C(=O)OC(C)(C)C)c2ccccc2)c2ccccc21. The van der Waals surface area contributed by atoms with Crippen LogP contribution in [-0.2, 0) is 14.3 Å². The number of fused-ring (bicyclic) bond motifs is 1. The van der Waals surface area contributed by atoms with Gasteiger partial charge in [0.25, 0.3) is 0 Å². The number of nitrogens with zero attached hydrogens (tertiary/aromatic N) is 2. The van der Waals surface area contributed by atoms with Crippen LogP contribution >= 0.6 is 0 Å². The van der Waals surface area contributed by atoms with Crippen LogP contribution in [0.1, 0.15) is 39.3 Å². The summed E-state index contributed by atoms with van der Waals surface area (Å²) in [4.78, 5) is 38.9. The number of esters is 1. The van der Waals surface area contributed by atoms with Crippen molar-refractivity contribution in [3.8, 4) is 0 Å². The number of benzene rings is 2. The molecule has 0 amide bonds. The zero-order valence-electron chi connectivity index (χ0n) is 16.9. The Morgan fingerprint density at radius 1 is 0.966 bits per heavy atom. The zero-order valence-corrected chi connectivity index (χ0v) is 16.9. The number of carbonyl (C=O) groups is 2. The van der Waals surface area contributed by atoms with Crippen LogP contribution in [0.2, 0.25) is 0 Å². The molecule has 0 saturated heterocycles. The summed E-state index contributed by atoms with van der Waals surface area (Å²) in [6, 6.07) is 14.6. The maximum absolute atomic E-state index is 13.3. The zero-order chi connectivity index (χ0) is 21.2. The highest BCUT2D eigenvalue weighted by molar-refractivity contribution is 5.89. The molecule has 3 rings (SSSR count). The molecular weight excluding hydrogens is 372 g/mol. The lowest BCUT2D eigenvalue weighted by Crippen LogP contribution is -2.37. The highest BCUT2D eigenvalue weighted by Crippen LogP contribution is 2.26. The van der Waals surface area contributed by atoms with E-state index in [0.29, 0.717) is 16.6 Å². The van der Waals surface area contributed by atoms with E-state index in [-0.39, 0.29) is 6.61 Å². The quantitative estimate of drug-likeness (QED) is 0.628. The Morgan fingerprint density at radius 2 is 1.55 bits per heavy atom. The summed E-state index contributed by atoms with van der Waals surface area (Å²) in [5.41, 5.74) is -0.0292. The normalized spacial score (nSPS) is 12.6. The molecule has 7 nitrogen and oxygen atoms in total. The Balaban J connectivity index is 2.29. The summed E-state index contributed by atoms with van der Waals surface area (Å²) in [6.07, 6.45) is -0.788. The fourth-order valence-electron chi connectivity index (χ4n) is 3.17. The Morgan fingerprint density at radius 3 is 2.14 bits per heavy atom. The van der Waals surface area contributed by atoms with Crippen LogP contribution in [0.15, 0.2) is 59.4 Å². The number of hydrogen-bond acceptors (Lipinski definition) is 5. The minimum atomic E-state index is -1.05. The number of aromatic nitrogens is 2. The highest BCUT2D eigenvalue weighted by atomic mass is 16.6. The fraction of sp³-hybridized carbons (Fsp3) is 0.318. The van der Waals surface area contributed by atoms with Gasteiger partial charge >= 0.3 is 17.8 Å². The second-order valence-electron chi connectivity index (χ2n) is 7.52. The Bertz CT molecular complexity index is 1090. The van der Waals surface area contributed by atoms with Gasteiger partial charge in [-0.2, -0.15) is 4.57 Å². The molecule has 0 aliphatic rings. The monoisotopic (exact) mass is 396 g/mol. The maximum atomic E-state index is 13.3. The third kappa shape index (κ3) is 4.08. The standard InChI is InChI=1S/C22H24N2O5/c1-5-28-21(27)24-17-14-10-9-13-16(17)23(20(24)26)18(15-11-7-6-8-12-15)19(25)29-22(2,3)4/h6-14,18H,5H2,1-4H3. The van der Waals surface area contributed by atoms with Crippen LogP contribution in [-0.4, -0.2) is 33.4 Å². The van der Waals surface area contributed by atoms with E-state index in [4.69, 9.17) is 9.47 Å². The van der Waals surface area contributed by atoms with Crippen LogP contribution in [0.5, 0.6) is 0 Å². The van der Waals surface area contributed by atoms with E-state index in [9.17, 15) is 14.4 Å². The van der Waals surface area contributed by atoms with E-state index in [1.165, 1.54) is 4.57 Å². The third-order valence-electron chi connectivity index (χ3n) is 4.23. The first kappa shape index (κ1) is 20.4. The van der Waals surface area contributed by atoms with Gasteiger partial charge in [0.1, 0.15) is 5.60 Å². The van der Waals surface area contributed by atoms with Gasteiger partial charge in [-0.3, -0.25) is 4.57 Å². The van der Waals surface area contributed by atoms with Gasteiger partial charge in [0.15, 0.2) is 6.04 Å². The highest BCUT2D eigenvalue weighted by Gasteiger charge is 2.33. The van der Waals surface area contributed by atoms with Crippen molar-refractivity contribution in [2.24, 2.45) is 0 Å². The van der Waals surface area contributed by atoms with Gasteiger partial charge in [0.2, 0.25) is 0 Å². The smallest absolute Gasteiger partial charge is 0.422 e. The molecule has 0 fully saturated rings. The molecular formula is C22H24N2O5. The van der Waals surface area contributed by atoms with Gasteiger partial charge in [-0.15, -0.1) is 0 Å². The van der Waals surface area contributed by atoms with Crippen LogP contribution in [0.4, 0.5) is 4.79 Å². The third-order valence-corrected chi connectivity index (χ3v) is 4.23. The number of imidazole rings is 1. The summed E-state index contributed by atoms with van der Waals surface area (Å²) in [7, 11) is 0. The number of rotatable bonds is 4. The van der Waals surface area contributed by atoms with Crippen molar-refractivity contribution in [3.63, 3.8) is 0 Å². The first-order valence-corrected chi connectivity index (χ1v) is 9.41. The predicted octanol–water partition coefficient (Wildman–Crippen LogP) is 3.74. The van der Waals surface area contributed by atoms with Gasteiger partial charge in [-0.05, 0) is 45.4 Å². The lowest BCUT2D eigenvalue weighted by atomic mass is 10.1. The molecule has 29 heavy (non-hydrogen) atoms. The summed E-state index contributed by atoms with van der Waals surface area (Å²) in [5.74, 6) is -0.586. The molecule has 0 aliphatic carbocycles. The number of carbonyl (C=O) groups excluding carboxylic acids is 2. The predicted molar refractivity (Wildman–Crippen MR) is 109 cm³/mol. The Kier molecular flexibility index (Phi) is 5.59. The lowest BCUT2D eigenvalue weighted by Gasteiger charge is -2.25. The molecule has 3 aromatic rings. The molecule has 152 valence electrons. The molecule has 0 bridgehead atoms. The maximum Gasteiger partial charge on any atom is 0.422 e. The van der Waals surface area contributed by atoms with Gasteiger partial charge < -0.3 is 9.47 Å². The molecule has 0 aliphatic heterocycles. The van der Waals surface area contributed by atoms with Gasteiger partial charge in [0, 0.05) is 0 Å². The van der Waals surface area contributed by atoms with Crippen LogP contribution in [0.25, 0.3) is 11.0 Å². The summed E-state index contributed by atoms with van der Waals surface area (Å²) < 4.78 is 12.9. The first-order chi connectivity index (χ1) is 13.7. The second kappa shape index (κ2) is 7.95. The van der Waals surface area contributed by atoms with Crippen molar-refractivity contribution in [3.05, 3.63) is 70.6 Å². The van der Waals surface area contributed by atoms with E-state index in [0.717, 1.165) is 4.57 Å². The number of hydrogen-bond donors (Lipinski definition) is 0. The molecule has 1 atom stereocenters. The van der Waals surface area contributed by atoms with E-state index in [1.807, 2.05) is 6.07 Å². The average molecular weight is 396 g/mol. The van der Waals surface area contributed by atoms with Crippen molar-refractivity contribution in [2.45, 2.75) is 39.3 Å². The molecule has 2 aromatic carbocycles. The van der Waals surface area contributed by atoms with Crippen molar-refractivity contribution >= 4 is 23.1 Å². The van der Waals surface area contributed by atoms with Gasteiger partial charge in [-0.1, -0.05) is 42.5 Å². The average Bonchev–Trinajstić information content (AvgIpc) is 2.94. The lowest BCUT2D eigenvalue weighted by molar-refractivity contribution is -0.157. The largest absolute Gasteiger partial charge is 0.458 e. The van der Waals surface area contributed by atoms with Crippen LogP contribution < -0.4 is 5.69 Å². The van der Waals surface area contributed by atoms with Gasteiger partial charge in [0.05, 0.1) is 17.6 Å². The van der Waals surface area contributed by atoms with Gasteiger partial charge in [-0.25, -0.2) is 14.4 Å². The van der Waals surface area contributed by atoms with E-state index in [1.54, 1.807) is 76.2 Å². The van der Waals surface area contributed by atoms with Crippen LogP contribution in [0.3, 0.4) is 0 Å². The van der Waals surface area contributed by atoms with Crippen molar-refractivity contribution < 1.29 is 19.1 Å². The summed E-state index contributed by atoms with van der Waals surface area (Å²) >= 11 is 0. The first-order valence-electron chi connectivity index (χ1n) is 9.41. The molecule has 0 spiro atoms. The minimum absolute atomic E-state index is 0.124. The van der Waals surface area contributed by atoms with E-state index >= 15 is 0 Å². The Labute approximate surface area is 168 Å². The summed E-state index contributed by atoms with van der Waals surface area (Å²) in [5, 5.41) is 0. The number of ether oxygens (including phenoxy) is 2. The number of para-hydroxylation sites is 2. The van der Waals surface area contributed by atoms with E-state index < -0.39 is 29.4 Å². The molecule has 7 heteroatoms. The van der Waals surface area contributed by atoms with Crippen molar-refractivity contribution in [1.82, 2.24) is 9.13 Å². The van der Waals surface area contributed by atoms with Crippen LogP contribution in [0, 0.1) is 0 Å². The fourth-order valence-corrected chi connectivity index (χ4v) is 3.17. The Hall–Kier alpha value is -3.35. The second-order valence-corrected chi connectivity index (χ2v) is 7.52. The molecule has 0 radical (unpaired) electrons. The molecule has 1 unspecified atom stereocenters. The molecule has 1 aromatic heterocycles. The minimum Gasteiger partial charge on any atom is -0.458 e. The summed E-state index contributed by atoms with van der Waals surface area (Å²) in [6.45, 7) is 7.07. The molecule has 1 heterocycles. The van der Waals surface area contributed by atoms with Crippen molar-refractivity contribution in [2.75, 3.05) is 6.61 Å².